The number of carboxylic acids is 1. The number of aliphatic carboxylic acids is 1. The van der Waals surface area contributed by atoms with Crippen molar-refractivity contribution >= 4 is 23.7 Å². The fourth-order valence-electron chi connectivity index (χ4n) is 1.55. The Labute approximate surface area is 123 Å². The number of carboxylic acid groups (broad SMARTS) is 1. The SMILES string of the molecule is COC(=O)CCC(=O)CC(CC(=O)OC(C)(C)C)C(=O)O. The van der Waals surface area contributed by atoms with Gasteiger partial charge in [-0.25, -0.2) is 0 Å². The lowest BCUT2D eigenvalue weighted by Gasteiger charge is -2.20. The molecule has 1 N–H and O–H groups in total. The van der Waals surface area contributed by atoms with E-state index in [0.717, 1.165) is 0 Å². The summed E-state index contributed by atoms with van der Waals surface area (Å²) in [6.45, 7) is 5.01. The summed E-state index contributed by atoms with van der Waals surface area (Å²) in [5.74, 6) is -4.01. The second-order valence-electron chi connectivity index (χ2n) is 5.64. The predicted molar refractivity (Wildman–Crippen MR) is 72.5 cm³/mol. The summed E-state index contributed by atoms with van der Waals surface area (Å²) >= 11 is 0. The van der Waals surface area contributed by atoms with E-state index in [1.165, 1.54) is 7.11 Å². The Morgan fingerprint density at radius 2 is 1.57 bits per heavy atom. The number of hydrogen-bond acceptors (Lipinski definition) is 6. The van der Waals surface area contributed by atoms with Crippen molar-refractivity contribution in [2.24, 2.45) is 5.92 Å². The molecule has 0 fully saturated rings. The first-order valence-corrected chi connectivity index (χ1v) is 6.58. The number of ether oxygens (including phenoxy) is 2. The standard InChI is InChI=1S/C14H22O7/c1-14(2,3)21-12(17)8-9(13(18)19)7-10(15)5-6-11(16)20-4/h9H,5-8H2,1-4H3,(H,18,19). The van der Waals surface area contributed by atoms with Crippen molar-refractivity contribution in [3.63, 3.8) is 0 Å². The maximum atomic E-state index is 11.6. The number of esters is 2. The number of rotatable bonds is 8. The van der Waals surface area contributed by atoms with Crippen molar-refractivity contribution in [1.82, 2.24) is 0 Å². The second kappa shape index (κ2) is 8.39. The van der Waals surface area contributed by atoms with Gasteiger partial charge in [-0.2, -0.15) is 0 Å². The van der Waals surface area contributed by atoms with Gasteiger partial charge in [0.15, 0.2) is 0 Å². The van der Waals surface area contributed by atoms with Crippen LogP contribution in [0.25, 0.3) is 0 Å². The molecule has 0 aromatic heterocycles. The highest BCUT2D eigenvalue weighted by atomic mass is 16.6. The Hall–Kier alpha value is -1.92. The normalized spacial score (nSPS) is 12.4. The third kappa shape index (κ3) is 9.59. The van der Waals surface area contributed by atoms with Gasteiger partial charge < -0.3 is 14.6 Å². The first-order chi connectivity index (χ1) is 9.55. The Morgan fingerprint density at radius 1 is 1.00 bits per heavy atom. The third-order valence-electron chi connectivity index (χ3n) is 2.49. The molecule has 7 heteroatoms. The maximum absolute atomic E-state index is 11.6. The molecule has 1 unspecified atom stereocenters. The van der Waals surface area contributed by atoms with Crippen LogP contribution in [0.5, 0.6) is 0 Å². The van der Waals surface area contributed by atoms with Crippen molar-refractivity contribution in [2.75, 3.05) is 7.11 Å². The monoisotopic (exact) mass is 302 g/mol. The van der Waals surface area contributed by atoms with Crippen LogP contribution in [0.4, 0.5) is 0 Å². The molecule has 0 saturated carbocycles. The van der Waals surface area contributed by atoms with Gasteiger partial charge in [0.05, 0.1) is 25.9 Å². The largest absolute Gasteiger partial charge is 0.481 e. The molecular weight excluding hydrogens is 280 g/mol. The molecule has 0 heterocycles. The van der Waals surface area contributed by atoms with Gasteiger partial charge in [0.1, 0.15) is 11.4 Å². The highest BCUT2D eigenvalue weighted by Gasteiger charge is 2.27. The molecule has 1 atom stereocenters. The van der Waals surface area contributed by atoms with Crippen molar-refractivity contribution in [3.05, 3.63) is 0 Å². The zero-order chi connectivity index (χ0) is 16.6. The van der Waals surface area contributed by atoms with E-state index in [4.69, 9.17) is 9.84 Å². The second-order valence-corrected chi connectivity index (χ2v) is 5.64. The molecule has 0 aliphatic heterocycles. The molecule has 7 nitrogen and oxygen atoms in total. The summed E-state index contributed by atoms with van der Waals surface area (Å²) < 4.78 is 9.42. The van der Waals surface area contributed by atoms with Gasteiger partial charge in [-0.3, -0.25) is 19.2 Å². The first kappa shape index (κ1) is 19.1. The van der Waals surface area contributed by atoms with E-state index in [2.05, 4.69) is 4.74 Å². The van der Waals surface area contributed by atoms with Crippen LogP contribution in [0, 0.1) is 5.92 Å². The lowest BCUT2D eigenvalue weighted by atomic mass is 9.97. The van der Waals surface area contributed by atoms with Gasteiger partial charge in [0.2, 0.25) is 0 Å². The quantitative estimate of drug-likeness (QED) is 0.674. The Bertz CT molecular complexity index is 406. The molecule has 0 aliphatic rings. The van der Waals surface area contributed by atoms with Crippen LogP contribution < -0.4 is 0 Å². The van der Waals surface area contributed by atoms with Gasteiger partial charge in [-0.1, -0.05) is 0 Å². The molecule has 0 radical (unpaired) electrons. The summed E-state index contributed by atoms with van der Waals surface area (Å²) in [6.07, 6.45) is -0.902. The average Bonchev–Trinajstić information content (AvgIpc) is 2.32. The van der Waals surface area contributed by atoms with Crippen LogP contribution in [0.1, 0.15) is 46.5 Å². The lowest BCUT2D eigenvalue weighted by molar-refractivity contribution is -0.160. The molecule has 0 amide bonds. The molecule has 0 rings (SSSR count). The minimum Gasteiger partial charge on any atom is -0.481 e. The molecule has 120 valence electrons. The lowest BCUT2D eigenvalue weighted by Crippen LogP contribution is -2.28. The fourth-order valence-corrected chi connectivity index (χ4v) is 1.55. The Morgan fingerprint density at radius 3 is 2.00 bits per heavy atom. The number of Topliss-reactive ketones (excluding diaryl/α,β-unsaturated/α-hetero) is 1. The zero-order valence-electron chi connectivity index (χ0n) is 12.8. The molecule has 0 bridgehead atoms. The number of carbonyl (C=O) groups excluding carboxylic acids is 3. The number of methoxy groups -OCH3 is 1. The van der Waals surface area contributed by atoms with Crippen molar-refractivity contribution in [1.29, 1.82) is 0 Å². The van der Waals surface area contributed by atoms with Crippen molar-refractivity contribution in [3.8, 4) is 0 Å². The van der Waals surface area contributed by atoms with E-state index in [9.17, 15) is 19.2 Å². The highest BCUT2D eigenvalue weighted by Crippen LogP contribution is 2.16. The van der Waals surface area contributed by atoms with E-state index >= 15 is 0 Å². The van der Waals surface area contributed by atoms with E-state index in [-0.39, 0.29) is 25.7 Å². The van der Waals surface area contributed by atoms with Crippen LogP contribution in [0.3, 0.4) is 0 Å². The summed E-state index contributed by atoms with van der Waals surface area (Å²) in [5.41, 5.74) is -0.713. The summed E-state index contributed by atoms with van der Waals surface area (Å²) in [7, 11) is 1.20. The predicted octanol–water partition coefficient (Wildman–Crippen LogP) is 1.33. The number of hydrogen-bond donors (Lipinski definition) is 1. The molecule has 0 aromatic carbocycles. The first-order valence-electron chi connectivity index (χ1n) is 6.58. The van der Waals surface area contributed by atoms with E-state index in [0.29, 0.717) is 0 Å². The van der Waals surface area contributed by atoms with Gasteiger partial charge in [0, 0.05) is 12.8 Å². The number of carbonyl (C=O) groups is 4. The van der Waals surface area contributed by atoms with Crippen LogP contribution in [-0.2, 0) is 28.7 Å². The topological polar surface area (TPSA) is 107 Å². The van der Waals surface area contributed by atoms with Crippen molar-refractivity contribution < 1.29 is 33.8 Å². The van der Waals surface area contributed by atoms with Gasteiger partial charge in [-0.05, 0) is 20.8 Å². The van der Waals surface area contributed by atoms with E-state index < -0.39 is 35.2 Å². The third-order valence-corrected chi connectivity index (χ3v) is 2.49. The summed E-state index contributed by atoms with van der Waals surface area (Å²) in [6, 6.07) is 0. The van der Waals surface area contributed by atoms with E-state index in [1.807, 2.05) is 0 Å². The number of ketones is 1. The van der Waals surface area contributed by atoms with Gasteiger partial charge >= 0.3 is 17.9 Å². The highest BCUT2D eigenvalue weighted by molar-refractivity contribution is 5.88. The van der Waals surface area contributed by atoms with Crippen molar-refractivity contribution in [2.45, 2.75) is 52.1 Å². The minimum atomic E-state index is -1.24. The molecule has 0 aromatic rings. The average molecular weight is 302 g/mol. The van der Waals surface area contributed by atoms with Gasteiger partial charge in [-0.15, -0.1) is 0 Å². The molecule has 0 aliphatic carbocycles. The molecule has 21 heavy (non-hydrogen) atoms. The zero-order valence-corrected chi connectivity index (χ0v) is 12.8. The summed E-state index contributed by atoms with van der Waals surface area (Å²) in [5, 5.41) is 9.04. The van der Waals surface area contributed by atoms with Crippen LogP contribution in [0.15, 0.2) is 0 Å². The van der Waals surface area contributed by atoms with E-state index in [1.54, 1.807) is 20.8 Å². The smallest absolute Gasteiger partial charge is 0.307 e. The Kier molecular flexibility index (Phi) is 7.62. The Balaban J connectivity index is 4.43. The van der Waals surface area contributed by atoms with Crippen LogP contribution >= 0.6 is 0 Å². The minimum absolute atomic E-state index is 0.103. The molecule has 0 spiro atoms. The molecule has 0 saturated heterocycles. The van der Waals surface area contributed by atoms with Crippen LogP contribution in [0.2, 0.25) is 0 Å². The molecular formula is C14H22O7. The van der Waals surface area contributed by atoms with Gasteiger partial charge in [0.25, 0.3) is 0 Å². The fraction of sp³-hybridized carbons (Fsp3) is 0.714. The maximum Gasteiger partial charge on any atom is 0.307 e. The summed E-state index contributed by atoms with van der Waals surface area (Å²) in [4.78, 5) is 45.2. The van der Waals surface area contributed by atoms with Crippen LogP contribution in [-0.4, -0.2) is 41.5 Å².